The fraction of sp³-hybridized carbons (Fsp3) is 0.600. The van der Waals surface area contributed by atoms with Crippen LogP contribution < -0.4 is 10.2 Å². The number of hydrogen-bond donors (Lipinski definition) is 1. The van der Waals surface area contributed by atoms with Crippen molar-refractivity contribution in [2.75, 3.05) is 25.1 Å². The largest absolute Gasteiger partial charge is 0.380 e. The Morgan fingerprint density at radius 3 is 2.84 bits per heavy atom. The Balaban J connectivity index is 2.02. The third kappa shape index (κ3) is 3.85. The molecule has 0 bridgehead atoms. The summed E-state index contributed by atoms with van der Waals surface area (Å²) in [5.41, 5.74) is 2.35. The maximum atomic E-state index is 6.36. The Bertz CT molecular complexity index is 423. The summed E-state index contributed by atoms with van der Waals surface area (Å²) >= 11 is 6.36. The van der Waals surface area contributed by atoms with Crippen LogP contribution in [0.25, 0.3) is 0 Å². The molecule has 19 heavy (non-hydrogen) atoms. The van der Waals surface area contributed by atoms with Gasteiger partial charge in [0.1, 0.15) is 0 Å². The first kappa shape index (κ1) is 14.6. The Hall–Kier alpha value is -0.770. The second kappa shape index (κ2) is 6.60. The quantitative estimate of drug-likeness (QED) is 0.898. The van der Waals surface area contributed by atoms with E-state index in [9.17, 15) is 0 Å². The highest BCUT2D eigenvalue weighted by atomic mass is 35.5. The minimum Gasteiger partial charge on any atom is -0.380 e. The third-order valence-electron chi connectivity index (χ3n) is 3.58. The van der Waals surface area contributed by atoms with E-state index < -0.39 is 0 Å². The van der Waals surface area contributed by atoms with E-state index >= 15 is 0 Å². The lowest BCUT2D eigenvalue weighted by molar-refractivity contribution is 0.121. The van der Waals surface area contributed by atoms with Gasteiger partial charge >= 0.3 is 0 Å². The van der Waals surface area contributed by atoms with Gasteiger partial charge in [0.05, 0.1) is 6.10 Å². The summed E-state index contributed by atoms with van der Waals surface area (Å²) in [6, 6.07) is 6.81. The molecule has 1 N–H and O–H groups in total. The molecule has 1 heterocycles. The maximum absolute atomic E-state index is 6.36. The van der Waals surface area contributed by atoms with Gasteiger partial charge in [-0.1, -0.05) is 31.5 Å². The number of nitrogens with one attached hydrogen (secondary N) is 1. The van der Waals surface area contributed by atoms with Crippen LogP contribution in [0.5, 0.6) is 0 Å². The number of nitrogens with zero attached hydrogens (tertiary/aromatic N) is 1. The number of anilines is 1. The summed E-state index contributed by atoms with van der Waals surface area (Å²) in [5.74, 6) is 0. The van der Waals surface area contributed by atoms with E-state index in [0.717, 1.165) is 36.6 Å². The molecule has 0 amide bonds. The molecule has 0 saturated carbocycles. The highest BCUT2D eigenvalue weighted by Gasteiger charge is 2.22. The van der Waals surface area contributed by atoms with Crippen molar-refractivity contribution in [1.29, 1.82) is 0 Å². The predicted octanol–water partition coefficient (Wildman–Crippen LogP) is 3.06. The molecule has 1 atom stereocenters. The van der Waals surface area contributed by atoms with Crippen LogP contribution in [0, 0.1) is 0 Å². The van der Waals surface area contributed by atoms with Crippen molar-refractivity contribution in [1.82, 2.24) is 5.32 Å². The van der Waals surface area contributed by atoms with Gasteiger partial charge in [0.2, 0.25) is 0 Å². The van der Waals surface area contributed by atoms with Crippen molar-refractivity contribution < 1.29 is 4.74 Å². The normalized spacial score (nSPS) is 19.4. The van der Waals surface area contributed by atoms with Gasteiger partial charge in [-0.25, -0.2) is 0 Å². The highest BCUT2D eigenvalue weighted by molar-refractivity contribution is 6.31. The molecule has 1 unspecified atom stereocenters. The van der Waals surface area contributed by atoms with E-state index in [1.54, 1.807) is 7.11 Å². The number of ether oxygens (including phenoxy) is 1. The summed E-state index contributed by atoms with van der Waals surface area (Å²) in [4.78, 5) is 2.33. The first-order valence-corrected chi connectivity index (χ1v) is 7.27. The molecular weight excluding hydrogens is 260 g/mol. The zero-order valence-electron chi connectivity index (χ0n) is 11.9. The van der Waals surface area contributed by atoms with Crippen LogP contribution in [0.1, 0.15) is 25.8 Å². The molecule has 1 aliphatic heterocycles. The molecule has 0 spiro atoms. The summed E-state index contributed by atoms with van der Waals surface area (Å²) in [5, 5.41) is 4.23. The summed E-state index contributed by atoms with van der Waals surface area (Å²) < 4.78 is 5.40. The lowest BCUT2D eigenvalue weighted by Crippen LogP contribution is -2.23. The van der Waals surface area contributed by atoms with Crippen LogP contribution in [-0.4, -0.2) is 32.3 Å². The molecule has 1 fully saturated rings. The molecule has 2 rings (SSSR count). The Labute approximate surface area is 120 Å². The average molecular weight is 283 g/mol. The third-order valence-corrected chi connectivity index (χ3v) is 3.93. The zero-order chi connectivity index (χ0) is 13.8. The number of halogens is 1. The van der Waals surface area contributed by atoms with Crippen molar-refractivity contribution in [2.45, 2.75) is 39.0 Å². The van der Waals surface area contributed by atoms with Gasteiger partial charge in [-0.05, 0) is 24.1 Å². The molecule has 106 valence electrons. The molecule has 1 aromatic carbocycles. The average Bonchev–Trinajstić information content (AvgIpc) is 2.85. The van der Waals surface area contributed by atoms with Gasteiger partial charge in [-0.2, -0.15) is 0 Å². The molecule has 0 aromatic heterocycles. The van der Waals surface area contributed by atoms with Gasteiger partial charge in [-0.15, -0.1) is 0 Å². The lowest BCUT2D eigenvalue weighted by Gasteiger charge is -2.19. The van der Waals surface area contributed by atoms with Crippen LogP contribution >= 0.6 is 11.6 Å². The molecule has 0 aliphatic carbocycles. The fourth-order valence-corrected chi connectivity index (χ4v) is 2.59. The maximum Gasteiger partial charge on any atom is 0.0762 e. The number of benzene rings is 1. The second-order valence-electron chi connectivity index (χ2n) is 5.40. The summed E-state index contributed by atoms with van der Waals surface area (Å²) in [6.07, 6.45) is 1.44. The Kier molecular flexibility index (Phi) is 5.08. The topological polar surface area (TPSA) is 24.5 Å². The van der Waals surface area contributed by atoms with Crippen molar-refractivity contribution in [3.8, 4) is 0 Å². The first-order valence-electron chi connectivity index (χ1n) is 6.89. The van der Waals surface area contributed by atoms with Crippen molar-refractivity contribution in [2.24, 2.45) is 0 Å². The summed E-state index contributed by atoms with van der Waals surface area (Å²) in [6.45, 7) is 7.08. The molecule has 3 nitrogen and oxygen atoms in total. The minimum atomic E-state index is 0.348. The van der Waals surface area contributed by atoms with E-state index in [4.69, 9.17) is 16.3 Å². The second-order valence-corrected chi connectivity index (χ2v) is 5.81. The number of methoxy groups -OCH3 is 1. The van der Waals surface area contributed by atoms with E-state index in [0.29, 0.717) is 12.1 Å². The molecule has 0 radical (unpaired) electrons. The van der Waals surface area contributed by atoms with Crippen LogP contribution in [0.4, 0.5) is 5.69 Å². The van der Waals surface area contributed by atoms with E-state index in [1.807, 2.05) is 0 Å². The summed E-state index contributed by atoms with van der Waals surface area (Å²) in [7, 11) is 1.78. The first-order chi connectivity index (χ1) is 9.10. The van der Waals surface area contributed by atoms with Crippen LogP contribution in [-0.2, 0) is 11.3 Å². The molecule has 4 heteroatoms. The van der Waals surface area contributed by atoms with Crippen LogP contribution in [0.2, 0.25) is 5.02 Å². The molecule has 1 aromatic rings. The molecule has 1 aliphatic rings. The molecular formula is C15H23ClN2O. The van der Waals surface area contributed by atoms with Gasteiger partial charge in [0.15, 0.2) is 0 Å². The smallest absolute Gasteiger partial charge is 0.0762 e. The minimum absolute atomic E-state index is 0.348. The van der Waals surface area contributed by atoms with Gasteiger partial charge in [0, 0.05) is 43.5 Å². The van der Waals surface area contributed by atoms with E-state index in [2.05, 4.69) is 42.3 Å². The van der Waals surface area contributed by atoms with E-state index in [-0.39, 0.29) is 0 Å². The van der Waals surface area contributed by atoms with Gasteiger partial charge in [0.25, 0.3) is 0 Å². The van der Waals surface area contributed by atoms with E-state index in [1.165, 1.54) is 5.69 Å². The van der Waals surface area contributed by atoms with Crippen LogP contribution in [0.15, 0.2) is 18.2 Å². The van der Waals surface area contributed by atoms with Crippen LogP contribution in [0.3, 0.4) is 0 Å². The number of hydrogen-bond acceptors (Lipinski definition) is 3. The van der Waals surface area contributed by atoms with Gasteiger partial charge < -0.3 is 15.0 Å². The Morgan fingerprint density at radius 2 is 2.26 bits per heavy atom. The Morgan fingerprint density at radius 1 is 1.47 bits per heavy atom. The SMILES string of the molecule is COC1CCN(c2ccc(CNC(C)C)c(Cl)c2)C1. The van der Waals surface area contributed by atoms with Crippen molar-refractivity contribution >= 4 is 17.3 Å². The fourth-order valence-electron chi connectivity index (χ4n) is 2.35. The molecule has 1 saturated heterocycles. The zero-order valence-corrected chi connectivity index (χ0v) is 12.7. The van der Waals surface area contributed by atoms with Gasteiger partial charge in [-0.3, -0.25) is 0 Å². The van der Waals surface area contributed by atoms with Crippen molar-refractivity contribution in [3.63, 3.8) is 0 Å². The predicted molar refractivity (Wildman–Crippen MR) is 81.1 cm³/mol. The monoisotopic (exact) mass is 282 g/mol. The highest BCUT2D eigenvalue weighted by Crippen LogP contribution is 2.27. The lowest BCUT2D eigenvalue weighted by atomic mass is 10.2. The number of rotatable bonds is 5. The standard InChI is InChI=1S/C15H23ClN2O/c1-11(2)17-9-12-4-5-13(8-15(12)16)18-7-6-14(10-18)19-3/h4-5,8,11,14,17H,6-7,9-10H2,1-3H3. The van der Waals surface area contributed by atoms with Crippen molar-refractivity contribution in [3.05, 3.63) is 28.8 Å².